The third kappa shape index (κ3) is 6.43. The molecule has 4 heteroatoms. The molecule has 0 saturated heterocycles. The Bertz CT molecular complexity index is 3030. The number of benzene rings is 8. The molecule has 0 amide bonds. The molecule has 11 rings (SSSR count). The number of allylic oxidation sites excluding steroid dienone is 3. The van der Waals surface area contributed by atoms with Crippen molar-refractivity contribution in [2.75, 3.05) is 9.80 Å². The highest BCUT2D eigenvalue weighted by atomic mass is 15.3. The molecule has 1 saturated carbocycles. The summed E-state index contributed by atoms with van der Waals surface area (Å²) in [6.07, 6.45) is 11.4. The van der Waals surface area contributed by atoms with Crippen LogP contribution in [0.3, 0.4) is 0 Å². The zero-order valence-corrected chi connectivity index (χ0v) is 33.1. The molecule has 2 unspecified atom stereocenters. The summed E-state index contributed by atoms with van der Waals surface area (Å²) in [5.41, 5.74) is 13.3. The van der Waals surface area contributed by atoms with E-state index in [0.29, 0.717) is 5.92 Å². The summed E-state index contributed by atoms with van der Waals surface area (Å²) < 4.78 is 0. The van der Waals surface area contributed by atoms with Gasteiger partial charge in [-0.3, -0.25) is 0 Å². The highest BCUT2D eigenvalue weighted by Crippen LogP contribution is 2.57. The maximum Gasteiger partial charge on any atom is 0.0973 e. The maximum atomic E-state index is 5.48. The Morgan fingerprint density at radius 3 is 1.77 bits per heavy atom. The number of hydrogen-bond donors (Lipinski definition) is 0. The predicted octanol–water partition coefficient (Wildman–Crippen LogP) is 14.7. The molecule has 0 aliphatic heterocycles. The molecule has 2 atom stereocenters. The van der Waals surface area contributed by atoms with Crippen molar-refractivity contribution in [2.24, 2.45) is 5.92 Å². The number of hydrogen-bond acceptors (Lipinski definition) is 4. The number of fused-ring (bicyclic) bond motifs is 3. The second-order valence-electron chi connectivity index (χ2n) is 15.8. The van der Waals surface area contributed by atoms with Crippen molar-refractivity contribution in [1.82, 2.24) is 9.97 Å². The zero-order chi connectivity index (χ0) is 39.9. The first kappa shape index (κ1) is 35.6. The fourth-order valence-electron chi connectivity index (χ4n) is 9.14. The Balaban J connectivity index is 0.995. The van der Waals surface area contributed by atoms with Crippen molar-refractivity contribution in [3.63, 3.8) is 0 Å². The SMILES string of the molecule is C1=CCC2CC2(N(c2ccccc2)c2ccc(N(c3ccccc3)c3ccc(-c4nc5c(-c6ccc7ccccc7c6)cccc5nc4-c4ccccc4)cc3)cc2)C=C1. The molecular formula is C56H42N4. The van der Waals surface area contributed by atoms with E-state index in [1.807, 2.05) is 6.07 Å². The Morgan fingerprint density at radius 1 is 0.450 bits per heavy atom. The van der Waals surface area contributed by atoms with E-state index in [1.165, 1.54) is 22.1 Å². The minimum atomic E-state index is -0.0260. The molecule has 286 valence electrons. The normalized spacial score (nSPS) is 16.6. The van der Waals surface area contributed by atoms with Crippen LogP contribution in [-0.4, -0.2) is 15.5 Å². The Kier molecular flexibility index (Phi) is 8.89. The molecule has 0 spiro atoms. The minimum absolute atomic E-state index is 0.0260. The number of para-hydroxylation sites is 3. The summed E-state index contributed by atoms with van der Waals surface area (Å²) in [6, 6.07) is 71.2. The lowest BCUT2D eigenvalue weighted by molar-refractivity contribution is 0.693. The van der Waals surface area contributed by atoms with Crippen LogP contribution >= 0.6 is 0 Å². The van der Waals surface area contributed by atoms with Crippen LogP contribution in [0.1, 0.15) is 12.8 Å². The van der Waals surface area contributed by atoms with Crippen molar-refractivity contribution in [3.8, 4) is 33.6 Å². The first-order valence-electron chi connectivity index (χ1n) is 20.8. The van der Waals surface area contributed by atoms with E-state index in [2.05, 4.69) is 228 Å². The van der Waals surface area contributed by atoms with E-state index in [9.17, 15) is 0 Å². The lowest BCUT2D eigenvalue weighted by atomic mass is 9.98. The largest absolute Gasteiger partial charge is 0.331 e. The van der Waals surface area contributed by atoms with Gasteiger partial charge in [0.05, 0.1) is 28.0 Å². The van der Waals surface area contributed by atoms with Crippen LogP contribution in [0, 0.1) is 5.92 Å². The summed E-state index contributed by atoms with van der Waals surface area (Å²) in [5.74, 6) is 0.590. The molecule has 9 aromatic rings. The van der Waals surface area contributed by atoms with Gasteiger partial charge in [-0.15, -0.1) is 0 Å². The Morgan fingerprint density at radius 2 is 1.02 bits per heavy atom. The standard InChI is InChI=1S/C56H42N4/c1-5-17-41(18-6-1)53-54(58-55-51(25-15-26-52(55)57-53)44-28-27-40-16-12-13-19-43(40)38-44)42-29-31-47(32-30-42)59(46-21-8-2-9-22-46)48-33-35-50(36-34-48)60(49-23-10-3-11-24-49)56-37-14-4-7-20-45(56)39-56/h1-19,21-38,45H,20,39H2. The Labute approximate surface area is 351 Å². The third-order valence-electron chi connectivity index (χ3n) is 12.2. The molecule has 2 aliphatic rings. The molecule has 4 nitrogen and oxygen atoms in total. The fourth-order valence-corrected chi connectivity index (χ4v) is 9.14. The summed E-state index contributed by atoms with van der Waals surface area (Å²) in [7, 11) is 0. The average molecular weight is 771 g/mol. The van der Waals surface area contributed by atoms with Crippen LogP contribution in [-0.2, 0) is 0 Å². The van der Waals surface area contributed by atoms with Gasteiger partial charge in [-0.2, -0.15) is 0 Å². The summed E-state index contributed by atoms with van der Waals surface area (Å²) in [4.78, 5) is 15.7. The molecule has 1 heterocycles. The summed E-state index contributed by atoms with van der Waals surface area (Å²) >= 11 is 0. The molecule has 1 aromatic heterocycles. The van der Waals surface area contributed by atoms with Gasteiger partial charge in [-0.25, -0.2) is 9.97 Å². The van der Waals surface area contributed by atoms with E-state index in [-0.39, 0.29) is 5.54 Å². The van der Waals surface area contributed by atoms with Gasteiger partial charge in [-0.1, -0.05) is 152 Å². The van der Waals surface area contributed by atoms with Crippen LogP contribution < -0.4 is 9.80 Å². The molecule has 0 N–H and O–H groups in total. The van der Waals surface area contributed by atoms with Crippen LogP contribution in [0.15, 0.2) is 224 Å². The van der Waals surface area contributed by atoms with Crippen LogP contribution in [0.2, 0.25) is 0 Å². The lowest BCUT2D eigenvalue weighted by Gasteiger charge is -2.34. The highest BCUT2D eigenvalue weighted by Gasteiger charge is 2.56. The topological polar surface area (TPSA) is 32.3 Å². The van der Waals surface area contributed by atoms with Gasteiger partial charge < -0.3 is 9.80 Å². The first-order valence-corrected chi connectivity index (χ1v) is 20.8. The molecule has 8 aromatic carbocycles. The molecule has 60 heavy (non-hydrogen) atoms. The quantitative estimate of drug-likeness (QED) is 0.146. The van der Waals surface area contributed by atoms with Gasteiger partial charge in [0.15, 0.2) is 0 Å². The second-order valence-corrected chi connectivity index (χ2v) is 15.8. The van der Waals surface area contributed by atoms with Gasteiger partial charge >= 0.3 is 0 Å². The van der Waals surface area contributed by atoms with E-state index in [1.54, 1.807) is 0 Å². The summed E-state index contributed by atoms with van der Waals surface area (Å²) in [5, 5.41) is 2.42. The van der Waals surface area contributed by atoms with Gasteiger partial charge in [0, 0.05) is 45.1 Å². The Hall–Kier alpha value is -7.56. The van der Waals surface area contributed by atoms with Gasteiger partial charge in [-0.05, 0) is 108 Å². The van der Waals surface area contributed by atoms with E-state index < -0.39 is 0 Å². The maximum absolute atomic E-state index is 5.48. The lowest BCUT2D eigenvalue weighted by Crippen LogP contribution is -2.33. The predicted molar refractivity (Wildman–Crippen MR) is 250 cm³/mol. The van der Waals surface area contributed by atoms with E-state index in [0.717, 1.165) is 74.6 Å². The van der Waals surface area contributed by atoms with Crippen molar-refractivity contribution in [3.05, 3.63) is 224 Å². The number of aromatic nitrogens is 2. The van der Waals surface area contributed by atoms with Crippen molar-refractivity contribution in [2.45, 2.75) is 18.4 Å². The summed E-state index contributed by atoms with van der Waals surface area (Å²) in [6.45, 7) is 0. The molecule has 0 radical (unpaired) electrons. The van der Waals surface area contributed by atoms with Crippen molar-refractivity contribution in [1.29, 1.82) is 0 Å². The van der Waals surface area contributed by atoms with Crippen LogP contribution in [0.25, 0.3) is 55.4 Å². The molecule has 1 fully saturated rings. The van der Waals surface area contributed by atoms with E-state index in [4.69, 9.17) is 9.97 Å². The number of nitrogens with zero attached hydrogens (tertiary/aromatic N) is 4. The van der Waals surface area contributed by atoms with Gasteiger partial charge in [0.2, 0.25) is 0 Å². The van der Waals surface area contributed by atoms with Crippen LogP contribution in [0.5, 0.6) is 0 Å². The van der Waals surface area contributed by atoms with Crippen molar-refractivity contribution >= 4 is 50.2 Å². The fraction of sp³-hybridized carbons (Fsp3) is 0.0714. The van der Waals surface area contributed by atoms with Gasteiger partial charge in [0.25, 0.3) is 0 Å². The van der Waals surface area contributed by atoms with Gasteiger partial charge in [0.1, 0.15) is 0 Å². The smallest absolute Gasteiger partial charge is 0.0973 e. The average Bonchev–Trinajstić information content (AvgIpc) is 4.05. The van der Waals surface area contributed by atoms with Crippen molar-refractivity contribution < 1.29 is 0 Å². The second kappa shape index (κ2) is 15.0. The zero-order valence-electron chi connectivity index (χ0n) is 33.1. The highest BCUT2D eigenvalue weighted by molar-refractivity contribution is 5.98. The monoisotopic (exact) mass is 770 g/mol. The first-order chi connectivity index (χ1) is 29.7. The molecule has 0 bridgehead atoms. The third-order valence-corrected chi connectivity index (χ3v) is 12.2. The van der Waals surface area contributed by atoms with E-state index >= 15 is 0 Å². The molecule has 2 aliphatic carbocycles. The molecular weight excluding hydrogens is 729 g/mol. The minimum Gasteiger partial charge on any atom is -0.331 e. The van der Waals surface area contributed by atoms with Crippen LogP contribution in [0.4, 0.5) is 28.4 Å². The number of rotatable bonds is 9. The number of anilines is 5.